The monoisotopic (exact) mass is 165 g/mol. The van der Waals surface area contributed by atoms with E-state index in [0.717, 1.165) is 6.42 Å². The normalized spacial score (nSPS) is 30.4. The van der Waals surface area contributed by atoms with E-state index in [4.69, 9.17) is 10.2 Å². The van der Waals surface area contributed by atoms with Gasteiger partial charge in [0.2, 0.25) is 0 Å². The van der Waals surface area contributed by atoms with Crippen LogP contribution in [0.3, 0.4) is 0 Å². The van der Waals surface area contributed by atoms with E-state index in [1.54, 1.807) is 6.26 Å². The third kappa shape index (κ3) is 1.53. The second-order valence-corrected chi connectivity index (χ2v) is 3.68. The summed E-state index contributed by atoms with van der Waals surface area (Å²) in [6.45, 7) is 0. The van der Waals surface area contributed by atoms with Gasteiger partial charge in [-0.2, -0.15) is 0 Å². The molecule has 0 bridgehead atoms. The van der Waals surface area contributed by atoms with Crippen LogP contribution in [-0.2, 0) is 0 Å². The van der Waals surface area contributed by atoms with E-state index < -0.39 is 0 Å². The maximum Gasteiger partial charge on any atom is 0.0937 e. The van der Waals surface area contributed by atoms with E-state index in [1.165, 1.54) is 24.8 Å². The summed E-state index contributed by atoms with van der Waals surface area (Å²) in [5.74, 6) is 0.646. The molecule has 0 aromatic carbocycles. The highest BCUT2D eigenvalue weighted by molar-refractivity contribution is 5.13. The predicted molar refractivity (Wildman–Crippen MR) is 47.9 cm³/mol. The van der Waals surface area contributed by atoms with Crippen LogP contribution in [0.2, 0.25) is 0 Å². The lowest BCUT2D eigenvalue weighted by Crippen LogP contribution is -2.26. The zero-order valence-electron chi connectivity index (χ0n) is 7.20. The standard InChI is InChI=1S/C10H15NO/c11-10-3-1-2-8(6-10)9-4-5-12-7-9/h4-5,7-8,10H,1-3,6,11H2. The SMILES string of the molecule is NC1CCCC(c2ccoc2)C1. The fraction of sp³-hybridized carbons (Fsp3) is 0.600. The van der Waals surface area contributed by atoms with E-state index in [9.17, 15) is 0 Å². The third-order valence-corrected chi connectivity index (χ3v) is 2.73. The smallest absolute Gasteiger partial charge is 0.0937 e. The topological polar surface area (TPSA) is 39.2 Å². The molecule has 0 spiro atoms. The van der Waals surface area contributed by atoms with Crippen molar-refractivity contribution in [2.24, 2.45) is 5.73 Å². The van der Waals surface area contributed by atoms with Crippen LogP contribution in [0.15, 0.2) is 23.0 Å². The summed E-state index contributed by atoms with van der Waals surface area (Å²) in [6, 6.07) is 2.46. The third-order valence-electron chi connectivity index (χ3n) is 2.73. The van der Waals surface area contributed by atoms with E-state index in [0.29, 0.717) is 12.0 Å². The molecular formula is C10H15NO. The van der Waals surface area contributed by atoms with Crippen molar-refractivity contribution in [2.75, 3.05) is 0 Å². The highest BCUT2D eigenvalue weighted by Crippen LogP contribution is 2.31. The van der Waals surface area contributed by atoms with Crippen molar-refractivity contribution < 1.29 is 4.42 Å². The Kier molecular flexibility index (Phi) is 2.17. The van der Waals surface area contributed by atoms with Gasteiger partial charge in [-0.25, -0.2) is 0 Å². The van der Waals surface area contributed by atoms with E-state index in [-0.39, 0.29) is 0 Å². The summed E-state index contributed by atoms with van der Waals surface area (Å²) >= 11 is 0. The van der Waals surface area contributed by atoms with Crippen LogP contribution in [0, 0.1) is 0 Å². The van der Waals surface area contributed by atoms with Gasteiger partial charge in [0.25, 0.3) is 0 Å². The average molecular weight is 165 g/mol. The lowest BCUT2D eigenvalue weighted by molar-refractivity contribution is 0.391. The molecule has 0 radical (unpaired) electrons. The Morgan fingerprint density at radius 3 is 3.00 bits per heavy atom. The molecule has 2 unspecified atom stereocenters. The minimum Gasteiger partial charge on any atom is -0.472 e. The zero-order chi connectivity index (χ0) is 8.39. The van der Waals surface area contributed by atoms with E-state index in [1.807, 2.05) is 6.26 Å². The Bertz CT molecular complexity index is 230. The molecule has 0 saturated heterocycles. The second-order valence-electron chi connectivity index (χ2n) is 3.68. The lowest BCUT2D eigenvalue weighted by Gasteiger charge is -2.25. The summed E-state index contributed by atoms with van der Waals surface area (Å²) in [5, 5.41) is 0. The molecule has 2 atom stereocenters. The second kappa shape index (κ2) is 3.31. The van der Waals surface area contributed by atoms with Crippen molar-refractivity contribution in [1.82, 2.24) is 0 Å². The summed E-state index contributed by atoms with van der Waals surface area (Å²) in [6.07, 6.45) is 8.44. The zero-order valence-corrected chi connectivity index (χ0v) is 7.20. The van der Waals surface area contributed by atoms with E-state index >= 15 is 0 Å². The Labute approximate surface area is 72.7 Å². The summed E-state index contributed by atoms with van der Waals surface area (Å²) < 4.78 is 5.06. The van der Waals surface area contributed by atoms with Crippen LogP contribution < -0.4 is 5.73 Å². The first kappa shape index (κ1) is 7.87. The molecule has 1 heterocycles. The maximum atomic E-state index is 5.90. The number of nitrogens with two attached hydrogens (primary N) is 1. The first-order valence-electron chi connectivity index (χ1n) is 4.64. The molecule has 1 aromatic heterocycles. The van der Waals surface area contributed by atoms with Crippen LogP contribution in [0.4, 0.5) is 0 Å². The molecule has 0 aliphatic heterocycles. The minimum atomic E-state index is 0.402. The maximum absolute atomic E-state index is 5.90. The fourth-order valence-corrected chi connectivity index (χ4v) is 2.04. The Balaban J connectivity index is 2.04. The van der Waals surface area contributed by atoms with Gasteiger partial charge >= 0.3 is 0 Å². The molecule has 1 aliphatic rings. The van der Waals surface area contributed by atoms with Gasteiger partial charge in [-0.3, -0.25) is 0 Å². The van der Waals surface area contributed by atoms with Crippen LogP contribution in [0.5, 0.6) is 0 Å². The van der Waals surface area contributed by atoms with Gasteiger partial charge in [-0.1, -0.05) is 6.42 Å². The Morgan fingerprint density at radius 1 is 1.42 bits per heavy atom. The molecule has 2 heteroatoms. The molecule has 1 fully saturated rings. The van der Waals surface area contributed by atoms with E-state index in [2.05, 4.69) is 6.07 Å². The summed E-state index contributed by atoms with van der Waals surface area (Å²) in [4.78, 5) is 0. The quantitative estimate of drug-likeness (QED) is 0.693. The van der Waals surface area contributed by atoms with Crippen molar-refractivity contribution in [1.29, 1.82) is 0 Å². The van der Waals surface area contributed by atoms with Gasteiger partial charge in [-0.15, -0.1) is 0 Å². The number of hydrogen-bond acceptors (Lipinski definition) is 2. The molecule has 12 heavy (non-hydrogen) atoms. The molecule has 2 rings (SSSR count). The van der Waals surface area contributed by atoms with Crippen LogP contribution in [0.25, 0.3) is 0 Å². The van der Waals surface area contributed by atoms with Gasteiger partial charge in [0.15, 0.2) is 0 Å². The van der Waals surface area contributed by atoms with Crippen molar-refractivity contribution in [2.45, 2.75) is 37.6 Å². The minimum absolute atomic E-state index is 0.402. The van der Waals surface area contributed by atoms with Crippen molar-refractivity contribution in [3.8, 4) is 0 Å². The highest BCUT2D eigenvalue weighted by Gasteiger charge is 2.20. The molecule has 2 N–H and O–H groups in total. The first-order chi connectivity index (χ1) is 5.86. The number of hydrogen-bond donors (Lipinski definition) is 1. The molecule has 66 valence electrons. The molecule has 1 aromatic rings. The van der Waals surface area contributed by atoms with Gasteiger partial charge in [-0.05, 0) is 36.8 Å². The van der Waals surface area contributed by atoms with Crippen molar-refractivity contribution >= 4 is 0 Å². The van der Waals surface area contributed by atoms with Crippen LogP contribution in [-0.4, -0.2) is 6.04 Å². The van der Waals surface area contributed by atoms with Crippen LogP contribution >= 0.6 is 0 Å². The Hall–Kier alpha value is -0.760. The van der Waals surface area contributed by atoms with Gasteiger partial charge in [0.05, 0.1) is 12.5 Å². The highest BCUT2D eigenvalue weighted by atomic mass is 16.3. The molecule has 0 amide bonds. The van der Waals surface area contributed by atoms with Gasteiger partial charge in [0.1, 0.15) is 0 Å². The number of rotatable bonds is 1. The van der Waals surface area contributed by atoms with Crippen molar-refractivity contribution in [3.05, 3.63) is 24.2 Å². The summed E-state index contributed by atoms with van der Waals surface area (Å²) in [5.41, 5.74) is 7.22. The van der Waals surface area contributed by atoms with Crippen molar-refractivity contribution in [3.63, 3.8) is 0 Å². The molecular weight excluding hydrogens is 150 g/mol. The lowest BCUT2D eigenvalue weighted by atomic mass is 9.83. The summed E-state index contributed by atoms with van der Waals surface area (Å²) in [7, 11) is 0. The Morgan fingerprint density at radius 2 is 2.33 bits per heavy atom. The molecule has 1 saturated carbocycles. The average Bonchev–Trinajstić information content (AvgIpc) is 2.56. The molecule has 2 nitrogen and oxygen atoms in total. The van der Waals surface area contributed by atoms with Gasteiger partial charge < -0.3 is 10.2 Å². The molecule has 1 aliphatic carbocycles. The van der Waals surface area contributed by atoms with Crippen LogP contribution in [0.1, 0.15) is 37.2 Å². The number of furan rings is 1. The largest absolute Gasteiger partial charge is 0.472 e. The van der Waals surface area contributed by atoms with Gasteiger partial charge in [0, 0.05) is 6.04 Å². The predicted octanol–water partition coefficient (Wildman–Crippen LogP) is 2.26. The first-order valence-corrected chi connectivity index (χ1v) is 4.64. The fourth-order valence-electron chi connectivity index (χ4n) is 2.04.